The van der Waals surface area contributed by atoms with Crippen LogP contribution >= 0.6 is 13.5 Å². The van der Waals surface area contributed by atoms with Crippen LogP contribution in [0.1, 0.15) is 98.7 Å². The van der Waals surface area contributed by atoms with Gasteiger partial charge in [0.05, 0.1) is 36.7 Å². The molecule has 0 bridgehead atoms. The van der Waals surface area contributed by atoms with Gasteiger partial charge in [-0.05, 0) is 94.5 Å². The molecule has 2 aliphatic rings. The molecule has 4 amide bonds. The van der Waals surface area contributed by atoms with Crippen molar-refractivity contribution < 1.29 is 38.2 Å². The molecule has 3 atom stereocenters. The average Bonchev–Trinajstić information content (AvgIpc) is 3.19. The third kappa shape index (κ3) is 10.4. The second kappa shape index (κ2) is 20.8. The van der Waals surface area contributed by atoms with Crippen molar-refractivity contribution in [3.8, 4) is 5.75 Å². The Morgan fingerprint density at radius 2 is 1.55 bits per heavy atom. The summed E-state index contributed by atoms with van der Waals surface area (Å²) >= 11 is 0. The number of benzene rings is 3. The number of nitrogens with zero attached hydrogens (tertiary/aromatic N) is 1. The van der Waals surface area contributed by atoms with E-state index >= 15 is 0 Å². The van der Waals surface area contributed by atoms with Gasteiger partial charge in [-0.3, -0.25) is 14.4 Å². The van der Waals surface area contributed by atoms with Crippen molar-refractivity contribution in [2.75, 3.05) is 33.4 Å². The van der Waals surface area contributed by atoms with Gasteiger partial charge in [0.2, 0.25) is 11.8 Å². The fourth-order valence-electron chi connectivity index (χ4n) is 7.74. The summed E-state index contributed by atoms with van der Waals surface area (Å²) in [5.74, 6) is -1.01. The van der Waals surface area contributed by atoms with Crippen LogP contribution in [0.5, 0.6) is 5.75 Å². The van der Waals surface area contributed by atoms with Crippen molar-refractivity contribution in [1.82, 2.24) is 20.9 Å². The molecule has 5 rings (SSSR count). The molecule has 3 aromatic rings. The highest BCUT2D eigenvalue weighted by atomic mass is 32.1. The topological polar surface area (TPSA) is 152 Å². The lowest BCUT2D eigenvalue weighted by Crippen LogP contribution is -2.54. The molecule has 0 radical (unpaired) electrons. The molecule has 1 aliphatic heterocycles. The Kier molecular flexibility index (Phi) is 16.2. The zero-order valence-electron chi connectivity index (χ0n) is 32.8. The molecule has 3 aromatic carbocycles. The van der Waals surface area contributed by atoms with E-state index in [1.807, 2.05) is 65.6 Å². The average molecular weight is 789 g/mol. The fourth-order valence-corrected chi connectivity index (χ4v) is 7.74. The predicted molar refractivity (Wildman–Crippen MR) is 218 cm³/mol. The summed E-state index contributed by atoms with van der Waals surface area (Å²) in [7, 11) is 1.54. The SMILES string of the molecule is CCOC(=O)[C@@H](CCCCNC(=O)OC(C)C)NC(=O)[C@@]1(c2ccccc2)CC[C@H](C(=O)N2CCC(NC(=O)c3ccccc3OC)CC2)c2ccccc21.S. The molecule has 12 nitrogen and oxygen atoms in total. The summed E-state index contributed by atoms with van der Waals surface area (Å²) in [6, 6.07) is 23.2. The fraction of sp³-hybridized carbons (Fsp3) is 0.465. The van der Waals surface area contributed by atoms with Crippen LogP contribution in [0.15, 0.2) is 78.9 Å². The van der Waals surface area contributed by atoms with Gasteiger partial charge in [-0.1, -0.05) is 66.7 Å². The molecular weight excluding hydrogens is 733 g/mol. The van der Waals surface area contributed by atoms with Gasteiger partial charge < -0.3 is 35.1 Å². The van der Waals surface area contributed by atoms with Crippen molar-refractivity contribution in [1.29, 1.82) is 0 Å². The third-order valence-corrected chi connectivity index (χ3v) is 10.5. The Hall–Kier alpha value is -5.04. The lowest BCUT2D eigenvalue weighted by atomic mass is 9.62. The van der Waals surface area contributed by atoms with E-state index in [-0.39, 0.29) is 50.0 Å². The standard InChI is InChI=1S/C43H54N4O8.H2S/c1-5-54-40(50)36(20-13-14-26-44-42(52)55-29(2)3)46-41(51)43(30-15-7-6-8-16-30)25-22-33(32-17-9-11-19-35(32)43)39(49)47-27-23-31(24-28-47)45-38(48)34-18-10-12-21-37(34)53-4;/h6-12,15-19,21,29,31,33,36H,5,13-14,20,22-28H2,1-4H3,(H,44,52)(H,45,48)(H,46,51);1H2/t33-,36+,43+;/m0./s1. The predicted octanol–water partition coefficient (Wildman–Crippen LogP) is 5.75. The number of likely N-dealkylation sites (tertiary alicyclic amines) is 1. The van der Waals surface area contributed by atoms with Crippen LogP contribution in [-0.2, 0) is 29.3 Å². The molecule has 302 valence electrons. The molecule has 1 aliphatic carbocycles. The highest BCUT2D eigenvalue weighted by Crippen LogP contribution is 2.48. The van der Waals surface area contributed by atoms with Gasteiger partial charge in [0.25, 0.3) is 5.91 Å². The van der Waals surface area contributed by atoms with Crippen molar-refractivity contribution in [2.45, 2.75) is 95.2 Å². The summed E-state index contributed by atoms with van der Waals surface area (Å²) in [6.45, 7) is 6.78. The zero-order valence-corrected chi connectivity index (χ0v) is 33.8. The van der Waals surface area contributed by atoms with Gasteiger partial charge in [-0.15, -0.1) is 0 Å². The molecule has 1 saturated heterocycles. The Labute approximate surface area is 336 Å². The highest BCUT2D eigenvalue weighted by Gasteiger charge is 2.49. The maximum Gasteiger partial charge on any atom is 0.407 e. The van der Waals surface area contributed by atoms with E-state index in [1.54, 1.807) is 39.0 Å². The summed E-state index contributed by atoms with van der Waals surface area (Å²) < 4.78 is 15.9. The van der Waals surface area contributed by atoms with Gasteiger partial charge in [0.1, 0.15) is 11.8 Å². The van der Waals surface area contributed by atoms with Crippen LogP contribution < -0.4 is 20.7 Å². The number of carbonyl (C=O) groups is 5. The van der Waals surface area contributed by atoms with Crippen LogP contribution in [0.2, 0.25) is 0 Å². The van der Waals surface area contributed by atoms with E-state index in [0.29, 0.717) is 75.9 Å². The molecule has 1 fully saturated rings. The number of piperidine rings is 1. The van der Waals surface area contributed by atoms with Crippen LogP contribution in [0, 0.1) is 0 Å². The Morgan fingerprint density at radius 1 is 0.875 bits per heavy atom. The maximum atomic E-state index is 14.8. The number of nitrogens with one attached hydrogen (secondary N) is 3. The number of hydrogen-bond acceptors (Lipinski definition) is 8. The molecule has 1 heterocycles. The molecule has 0 spiro atoms. The largest absolute Gasteiger partial charge is 0.496 e. The lowest BCUT2D eigenvalue weighted by Gasteiger charge is -2.43. The van der Waals surface area contributed by atoms with E-state index in [0.717, 1.165) is 16.7 Å². The number of rotatable bonds is 15. The molecule has 0 saturated carbocycles. The summed E-state index contributed by atoms with van der Waals surface area (Å²) in [6.07, 6.45) is 2.69. The first-order valence-electron chi connectivity index (χ1n) is 19.4. The summed E-state index contributed by atoms with van der Waals surface area (Å²) in [5.41, 5.74) is 1.60. The van der Waals surface area contributed by atoms with E-state index in [4.69, 9.17) is 14.2 Å². The number of fused-ring (bicyclic) bond motifs is 1. The molecular formula is C43H56N4O8S. The van der Waals surface area contributed by atoms with Crippen molar-refractivity contribution >= 4 is 43.3 Å². The van der Waals surface area contributed by atoms with E-state index in [9.17, 15) is 24.0 Å². The number of amides is 4. The van der Waals surface area contributed by atoms with Crippen LogP contribution in [0.25, 0.3) is 0 Å². The zero-order chi connectivity index (χ0) is 39.4. The summed E-state index contributed by atoms with van der Waals surface area (Å²) in [5, 5.41) is 8.88. The number of ether oxygens (including phenoxy) is 3. The first-order valence-corrected chi connectivity index (χ1v) is 19.4. The van der Waals surface area contributed by atoms with Crippen molar-refractivity contribution in [3.05, 3.63) is 101 Å². The van der Waals surface area contributed by atoms with Crippen molar-refractivity contribution in [2.24, 2.45) is 0 Å². The second-order valence-electron chi connectivity index (χ2n) is 14.4. The van der Waals surface area contributed by atoms with Crippen LogP contribution in [-0.4, -0.2) is 86.2 Å². The number of methoxy groups -OCH3 is 1. The van der Waals surface area contributed by atoms with E-state index in [1.165, 1.54) is 7.11 Å². The maximum absolute atomic E-state index is 14.8. The van der Waals surface area contributed by atoms with Gasteiger partial charge in [0, 0.05) is 25.7 Å². The van der Waals surface area contributed by atoms with Gasteiger partial charge >= 0.3 is 12.1 Å². The lowest BCUT2D eigenvalue weighted by molar-refractivity contribution is -0.148. The highest BCUT2D eigenvalue weighted by molar-refractivity contribution is 7.59. The third-order valence-electron chi connectivity index (χ3n) is 10.5. The van der Waals surface area contributed by atoms with E-state index < -0.39 is 29.4 Å². The monoisotopic (exact) mass is 788 g/mol. The minimum absolute atomic E-state index is 0. The van der Waals surface area contributed by atoms with Gasteiger partial charge in [0.15, 0.2) is 0 Å². The van der Waals surface area contributed by atoms with Crippen LogP contribution in [0.3, 0.4) is 0 Å². The Bertz CT molecular complexity index is 1800. The summed E-state index contributed by atoms with van der Waals surface area (Å²) in [4.78, 5) is 69.1. The number of para-hydroxylation sites is 1. The number of carbonyl (C=O) groups excluding carboxylic acids is 5. The number of hydrogen-bond donors (Lipinski definition) is 3. The first kappa shape index (κ1) is 43.7. The molecule has 3 N–H and O–H groups in total. The quantitative estimate of drug-likeness (QED) is 0.130. The molecule has 13 heteroatoms. The number of esters is 1. The minimum atomic E-state index is -1.17. The van der Waals surface area contributed by atoms with Crippen LogP contribution in [0.4, 0.5) is 4.79 Å². The number of unbranched alkanes of at least 4 members (excludes halogenated alkanes) is 1. The second-order valence-corrected chi connectivity index (χ2v) is 14.4. The van der Waals surface area contributed by atoms with Gasteiger partial charge in [-0.2, -0.15) is 13.5 Å². The first-order chi connectivity index (χ1) is 26.6. The van der Waals surface area contributed by atoms with Gasteiger partial charge in [-0.25, -0.2) is 9.59 Å². The van der Waals surface area contributed by atoms with Crippen molar-refractivity contribution in [3.63, 3.8) is 0 Å². The molecule has 56 heavy (non-hydrogen) atoms. The normalized spacial score (nSPS) is 18.4. The Balaban J connectivity index is 0.00000696. The van der Waals surface area contributed by atoms with E-state index in [2.05, 4.69) is 16.0 Å². The smallest absolute Gasteiger partial charge is 0.407 e. The number of alkyl carbamates (subject to hydrolysis) is 1. The minimum Gasteiger partial charge on any atom is -0.496 e. The Morgan fingerprint density at radius 3 is 2.25 bits per heavy atom. The molecule has 0 unspecified atom stereocenters. The molecule has 0 aromatic heterocycles.